The number of amides is 1. The quantitative estimate of drug-likeness (QED) is 0.317. The minimum atomic E-state index is -0.0135. The Morgan fingerprint density at radius 3 is 2.51 bits per heavy atom. The van der Waals surface area contributed by atoms with Crippen LogP contribution < -0.4 is 14.2 Å². The molecule has 3 rings (SSSR count). The van der Waals surface area contributed by atoms with Crippen molar-refractivity contribution in [3.63, 3.8) is 0 Å². The molecular formula is C26H34N4O4S. The zero-order valence-corrected chi connectivity index (χ0v) is 21.9. The van der Waals surface area contributed by atoms with E-state index in [2.05, 4.69) is 28.6 Å². The summed E-state index contributed by atoms with van der Waals surface area (Å²) in [6.07, 6.45) is 0.980. The number of thioether (sulfide) groups is 1. The molecule has 0 spiro atoms. The van der Waals surface area contributed by atoms with Gasteiger partial charge in [-0.3, -0.25) is 4.79 Å². The summed E-state index contributed by atoms with van der Waals surface area (Å²) in [6, 6.07) is 15.3. The predicted octanol–water partition coefficient (Wildman–Crippen LogP) is 4.67. The van der Waals surface area contributed by atoms with Crippen LogP contribution in [0.15, 0.2) is 53.7 Å². The van der Waals surface area contributed by atoms with Crippen LogP contribution >= 0.6 is 11.8 Å². The van der Waals surface area contributed by atoms with E-state index in [1.165, 1.54) is 11.8 Å². The molecule has 0 unspecified atom stereocenters. The van der Waals surface area contributed by atoms with E-state index in [1.807, 2.05) is 48.5 Å². The van der Waals surface area contributed by atoms with E-state index in [9.17, 15) is 4.79 Å². The number of carbonyl (C=O) groups excluding carboxylic acids is 1. The lowest BCUT2D eigenvalue weighted by atomic mass is 10.1. The van der Waals surface area contributed by atoms with Crippen molar-refractivity contribution in [2.75, 3.05) is 27.0 Å². The second-order valence-electron chi connectivity index (χ2n) is 8.53. The highest BCUT2D eigenvalue weighted by molar-refractivity contribution is 7.99. The first-order chi connectivity index (χ1) is 16.9. The van der Waals surface area contributed by atoms with Gasteiger partial charge in [-0.1, -0.05) is 55.9 Å². The number of rotatable bonds is 13. The lowest BCUT2D eigenvalue weighted by molar-refractivity contribution is -0.127. The van der Waals surface area contributed by atoms with Gasteiger partial charge in [-0.25, -0.2) is 0 Å². The number of hydrogen-bond donors (Lipinski definition) is 0. The second-order valence-corrected chi connectivity index (χ2v) is 9.47. The van der Waals surface area contributed by atoms with E-state index < -0.39 is 0 Å². The van der Waals surface area contributed by atoms with Gasteiger partial charge in [0.05, 0.1) is 20.0 Å². The molecular weight excluding hydrogens is 464 g/mol. The van der Waals surface area contributed by atoms with Crippen LogP contribution in [0, 0.1) is 5.92 Å². The summed E-state index contributed by atoms with van der Waals surface area (Å²) in [5.41, 5.74) is 0.883. The van der Waals surface area contributed by atoms with Crippen LogP contribution in [0.3, 0.4) is 0 Å². The van der Waals surface area contributed by atoms with Gasteiger partial charge in [-0.15, -0.1) is 10.2 Å². The third-order valence-corrected chi connectivity index (χ3v) is 6.43. The number of para-hydroxylation sites is 2. The summed E-state index contributed by atoms with van der Waals surface area (Å²) in [6.45, 7) is 5.87. The molecule has 1 aromatic heterocycles. The van der Waals surface area contributed by atoms with E-state index in [-0.39, 0.29) is 11.7 Å². The van der Waals surface area contributed by atoms with Crippen molar-refractivity contribution in [1.29, 1.82) is 0 Å². The maximum Gasteiger partial charge on any atom is 0.233 e. The lowest BCUT2D eigenvalue weighted by Crippen LogP contribution is -2.28. The maximum atomic E-state index is 12.9. The summed E-state index contributed by atoms with van der Waals surface area (Å²) in [4.78, 5) is 14.6. The Labute approximate surface area is 211 Å². The van der Waals surface area contributed by atoms with Crippen LogP contribution in [0.25, 0.3) is 0 Å². The van der Waals surface area contributed by atoms with E-state index in [0.29, 0.717) is 30.6 Å². The molecule has 1 heterocycles. The molecule has 0 bridgehead atoms. The fourth-order valence-corrected chi connectivity index (χ4v) is 4.39. The van der Waals surface area contributed by atoms with Gasteiger partial charge in [0.25, 0.3) is 0 Å². The number of benzene rings is 2. The molecule has 0 aliphatic heterocycles. The van der Waals surface area contributed by atoms with Gasteiger partial charge in [-0.2, -0.15) is 0 Å². The zero-order valence-electron chi connectivity index (χ0n) is 21.1. The van der Waals surface area contributed by atoms with Crippen LogP contribution in [0.1, 0.15) is 31.7 Å². The first-order valence-corrected chi connectivity index (χ1v) is 12.6. The van der Waals surface area contributed by atoms with Crippen LogP contribution in [-0.4, -0.2) is 52.6 Å². The van der Waals surface area contributed by atoms with Gasteiger partial charge in [0.1, 0.15) is 12.4 Å². The van der Waals surface area contributed by atoms with Gasteiger partial charge >= 0.3 is 0 Å². The van der Waals surface area contributed by atoms with Gasteiger partial charge in [0.2, 0.25) is 5.91 Å². The Balaban J connectivity index is 1.65. The first-order valence-electron chi connectivity index (χ1n) is 11.6. The summed E-state index contributed by atoms with van der Waals surface area (Å²) < 4.78 is 18.8. The molecule has 0 N–H and O–H groups in total. The minimum absolute atomic E-state index is 0.0135. The van der Waals surface area contributed by atoms with Crippen molar-refractivity contribution in [3.8, 4) is 17.2 Å². The van der Waals surface area contributed by atoms with Crippen molar-refractivity contribution in [1.82, 2.24) is 19.7 Å². The predicted molar refractivity (Wildman–Crippen MR) is 137 cm³/mol. The Morgan fingerprint density at radius 2 is 1.83 bits per heavy atom. The molecule has 8 nitrogen and oxygen atoms in total. The minimum Gasteiger partial charge on any atom is -0.493 e. The molecule has 0 fully saturated rings. The summed E-state index contributed by atoms with van der Waals surface area (Å²) in [5.74, 6) is 3.58. The second kappa shape index (κ2) is 13.0. The van der Waals surface area contributed by atoms with Crippen LogP contribution in [-0.2, 0) is 24.5 Å². The monoisotopic (exact) mass is 498 g/mol. The summed E-state index contributed by atoms with van der Waals surface area (Å²) in [5, 5.41) is 9.43. The SMILES string of the molecule is COc1cccc(CN(C)C(=O)CSc2nnc(COc3ccccc3)n2CCC(C)C)c1OC. The highest BCUT2D eigenvalue weighted by atomic mass is 32.2. The molecule has 9 heteroatoms. The number of ether oxygens (including phenoxy) is 3. The first kappa shape index (κ1) is 26.4. The maximum absolute atomic E-state index is 12.9. The van der Waals surface area contributed by atoms with Crippen LogP contribution in [0.5, 0.6) is 17.2 Å². The molecule has 0 aliphatic carbocycles. The largest absolute Gasteiger partial charge is 0.493 e. The number of hydrogen-bond acceptors (Lipinski definition) is 7. The third-order valence-electron chi connectivity index (χ3n) is 5.48. The Hall–Kier alpha value is -3.20. The summed E-state index contributed by atoms with van der Waals surface area (Å²) in [7, 11) is 4.98. The number of methoxy groups -OCH3 is 2. The van der Waals surface area contributed by atoms with E-state index >= 15 is 0 Å². The van der Waals surface area contributed by atoms with Gasteiger partial charge in [0.15, 0.2) is 22.5 Å². The number of nitrogens with zero attached hydrogens (tertiary/aromatic N) is 4. The van der Waals surface area contributed by atoms with Crippen molar-refractivity contribution in [2.45, 2.75) is 45.1 Å². The molecule has 188 valence electrons. The van der Waals surface area contributed by atoms with Crippen molar-refractivity contribution < 1.29 is 19.0 Å². The third kappa shape index (κ3) is 7.39. The fourth-order valence-electron chi connectivity index (χ4n) is 3.47. The Bertz CT molecular complexity index is 1090. The highest BCUT2D eigenvalue weighted by Gasteiger charge is 2.18. The van der Waals surface area contributed by atoms with Crippen LogP contribution in [0.2, 0.25) is 0 Å². The van der Waals surface area contributed by atoms with Gasteiger partial charge < -0.3 is 23.7 Å². The normalized spacial score (nSPS) is 10.9. The number of aromatic nitrogens is 3. The molecule has 3 aromatic rings. The van der Waals surface area contributed by atoms with E-state index in [4.69, 9.17) is 14.2 Å². The summed E-state index contributed by atoms with van der Waals surface area (Å²) >= 11 is 1.39. The Morgan fingerprint density at radius 1 is 1.06 bits per heavy atom. The molecule has 35 heavy (non-hydrogen) atoms. The molecule has 0 radical (unpaired) electrons. The highest BCUT2D eigenvalue weighted by Crippen LogP contribution is 2.31. The fraction of sp³-hybridized carbons (Fsp3) is 0.423. The molecule has 1 amide bonds. The standard InChI is InChI=1S/C26H34N4O4S/c1-19(2)14-15-30-23(17-34-21-11-7-6-8-12-21)27-28-26(30)35-18-24(31)29(3)16-20-10-9-13-22(32-4)25(20)33-5/h6-13,19H,14-18H2,1-5H3. The topological polar surface area (TPSA) is 78.7 Å². The average Bonchev–Trinajstić information content (AvgIpc) is 3.26. The zero-order chi connectivity index (χ0) is 25.2. The smallest absolute Gasteiger partial charge is 0.233 e. The van der Waals surface area contributed by atoms with Gasteiger partial charge in [0, 0.05) is 25.7 Å². The lowest BCUT2D eigenvalue weighted by Gasteiger charge is -2.20. The van der Waals surface area contributed by atoms with Crippen molar-refractivity contribution in [3.05, 3.63) is 59.9 Å². The van der Waals surface area contributed by atoms with Crippen molar-refractivity contribution >= 4 is 17.7 Å². The molecule has 0 saturated heterocycles. The van der Waals surface area contributed by atoms with Crippen LogP contribution in [0.4, 0.5) is 0 Å². The Kier molecular flexibility index (Phi) is 9.84. The number of carbonyl (C=O) groups is 1. The molecule has 0 atom stereocenters. The van der Waals surface area contributed by atoms with Crippen molar-refractivity contribution in [2.24, 2.45) is 5.92 Å². The van der Waals surface area contributed by atoms with E-state index in [0.717, 1.165) is 35.3 Å². The van der Waals surface area contributed by atoms with Gasteiger partial charge in [-0.05, 0) is 30.5 Å². The molecule has 0 saturated carbocycles. The molecule has 2 aromatic carbocycles. The average molecular weight is 499 g/mol. The molecule has 0 aliphatic rings. The van der Waals surface area contributed by atoms with E-state index in [1.54, 1.807) is 26.2 Å².